The molecule has 3 heterocycles. The molecule has 0 atom stereocenters. The van der Waals surface area contributed by atoms with E-state index in [0.717, 1.165) is 46.4 Å². The lowest BCUT2D eigenvalue weighted by Gasteiger charge is -2.07. The van der Waals surface area contributed by atoms with E-state index < -0.39 is 0 Å². The molecule has 0 saturated carbocycles. The van der Waals surface area contributed by atoms with E-state index in [9.17, 15) is 0 Å². The minimum Gasteiger partial charge on any atom is -0.492 e. The molecule has 0 amide bonds. The Bertz CT molecular complexity index is 1170. The van der Waals surface area contributed by atoms with Crippen LogP contribution in [0.25, 0.3) is 16.9 Å². The van der Waals surface area contributed by atoms with Crippen molar-refractivity contribution < 1.29 is 14.2 Å². The van der Waals surface area contributed by atoms with Crippen LogP contribution in [0.1, 0.15) is 0 Å². The van der Waals surface area contributed by atoms with Gasteiger partial charge in [0.2, 0.25) is 12.7 Å². The summed E-state index contributed by atoms with van der Waals surface area (Å²) in [5.74, 6) is 2.83. The minimum absolute atomic E-state index is 0.250. The van der Waals surface area contributed by atoms with E-state index >= 15 is 0 Å². The summed E-state index contributed by atoms with van der Waals surface area (Å²) in [4.78, 5) is 4.60. The third-order valence-corrected chi connectivity index (χ3v) is 4.76. The molecule has 0 bridgehead atoms. The number of rotatable bonds is 7. The number of likely N-dealkylation sites (N-methyl/N-ethyl adjacent to an activating group) is 1. The van der Waals surface area contributed by atoms with Crippen molar-refractivity contribution in [3.05, 3.63) is 60.7 Å². The number of fused-ring (bicyclic) bond motifs is 2. The van der Waals surface area contributed by atoms with Crippen molar-refractivity contribution in [1.29, 1.82) is 0 Å². The number of nitrogens with zero attached hydrogens (tertiary/aromatic N) is 3. The van der Waals surface area contributed by atoms with Gasteiger partial charge >= 0.3 is 0 Å². The molecular weight excluding hydrogens is 382 g/mol. The normalized spacial score (nSPS) is 12.3. The first kappa shape index (κ1) is 18.3. The van der Waals surface area contributed by atoms with Gasteiger partial charge in [0.15, 0.2) is 17.1 Å². The molecule has 30 heavy (non-hydrogen) atoms. The Morgan fingerprint density at radius 3 is 2.77 bits per heavy atom. The zero-order valence-electron chi connectivity index (χ0n) is 16.5. The second kappa shape index (κ2) is 7.92. The standard InChI is InChI=1S/C22H21N5O3/c1-23-11-12-28-17-8-6-16(7-9-17)24-22-25-21-4-2-3-18(27(21)26-22)15-5-10-19-20(13-15)30-14-29-19/h2-10,13,23H,11-12,14H2,1H3,(H,24,26). The highest BCUT2D eigenvalue weighted by Gasteiger charge is 2.16. The van der Waals surface area contributed by atoms with Crippen LogP contribution in [0, 0.1) is 0 Å². The molecule has 0 spiro atoms. The minimum atomic E-state index is 0.250. The number of hydrogen-bond donors (Lipinski definition) is 2. The molecule has 0 aliphatic carbocycles. The molecule has 0 unspecified atom stereocenters. The Balaban J connectivity index is 1.38. The molecule has 0 fully saturated rings. The predicted molar refractivity (Wildman–Crippen MR) is 114 cm³/mol. The lowest BCUT2D eigenvalue weighted by molar-refractivity contribution is 0.174. The zero-order valence-corrected chi connectivity index (χ0v) is 16.5. The number of ether oxygens (including phenoxy) is 3. The van der Waals surface area contributed by atoms with Crippen LogP contribution < -0.4 is 24.8 Å². The number of benzene rings is 2. The Hall–Kier alpha value is -3.78. The summed E-state index contributed by atoms with van der Waals surface area (Å²) in [5.41, 5.74) is 3.53. The Labute approximate surface area is 173 Å². The van der Waals surface area contributed by atoms with E-state index in [1.54, 1.807) is 0 Å². The molecule has 1 aliphatic heterocycles. The van der Waals surface area contributed by atoms with E-state index in [1.807, 2.05) is 72.2 Å². The molecule has 8 heteroatoms. The van der Waals surface area contributed by atoms with Gasteiger partial charge in [0.05, 0.1) is 5.69 Å². The van der Waals surface area contributed by atoms with Crippen molar-refractivity contribution in [3.63, 3.8) is 0 Å². The highest BCUT2D eigenvalue weighted by molar-refractivity contribution is 5.68. The van der Waals surface area contributed by atoms with Crippen molar-refractivity contribution >= 4 is 17.3 Å². The van der Waals surface area contributed by atoms with Crippen LogP contribution >= 0.6 is 0 Å². The summed E-state index contributed by atoms with van der Waals surface area (Å²) < 4.78 is 18.4. The zero-order chi connectivity index (χ0) is 20.3. The molecular formula is C22H21N5O3. The molecule has 2 aromatic heterocycles. The summed E-state index contributed by atoms with van der Waals surface area (Å²) in [6, 6.07) is 19.5. The Morgan fingerprint density at radius 2 is 1.90 bits per heavy atom. The van der Waals surface area contributed by atoms with Crippen LogP contribution in [0.2, 0.25) is 0 Å². The van der Waals surface area contributed by atoms with Gasteiger partial charge in [0.1, 0.15) is 12.4 Å². The number of hydrogen-bond acceptors (Lipinski definition) is 7. The maximum Gasteiger partial charge on any atom is 0.247 e. The maximum absolute atomic E-state index is 5.65. The summed E-state index contributed by atoms with van der Waals surface area (Å²) in [7, 11) is 1.90. The fourth-order valence-electron chi connectivity index (χ4n) is 3.27. The van der Waals surface area contributed by atoms with E-state index in [2.05, 4.69) is 20.7 Å². The van der Waals surface area contributed by atoms with Gasteiger partial charge in [0, 0.05) is 17.8 Å². The quantitative estimate of drug-likeness (QED) is 0.457. The van der Waals surface area contributed by atoms with Gasteiger partial charge in [-0.3, -0.25) is 0 Å². The Morgan fingerprint density at radius 1 is 1.03 bits per heavy atom. The molecule has 4 aromatic rings. The lowest BCUT2D eigenvalue weighted by atomic mass is 10.1. The van der Waals surface area contributed by atoms with Crippen molar-refractivity contribution in [2.45, 2.75) is 0 Å². The largest absolute Gasteiger partial charge is 0.492 e. The average molecular weight is 403 g/mol. The monoisotopic (exact) mass is 403 g/mol. The molecule has 5 rings (SSSR count). The van der Waals surface area contributed by atoms with Crippen molar-refractivity contribution in [2.75, 3.05) is 32.3 Å². The van der Waals surface area contributed by atoms with Gasteiger partial charge in [-0.05, 0) is 61.6 Å². The highest BCUT2D eigenvalue weighted by Crippen LogP contribution is 2.36. The van der Waals surface area contributed by atoms with Gasteiger partial charge < -0.3 is 24.8 Å². The predicted octanol–water partition coefficient (Wildman–Crippen LogP) is 3.47. The molecule has 2 aromatic carbocycles. The third-order valence-electron chi connectivity index (χ3n) is 4.76. The molecule has 1 aliphatic rings. The molecule has 0 saturated heterocycles. The average Bonchev–Trinajstić information content (AvgIpc) is 3.40. The SMILES string of the molecule is CNCCOc1ccc(Nc2nc3cccc(-c4ccc5c(c4)OCO5)n3n2)cc1. The highest BCUT2D eigenvalue weighted by atomic mass is 16.7. The number of pyridine rings is 1. The molecule has 2 N–H and O–H groups in total. The molecule has 8 nitrogen and oxygen atoms in total. The summed E-state index contributed by atoms with van der Waals surface area (Å²) >= 11 is 0. The number of anilines is 2. The summed E-state index contributed by atoms with van der Waals surface area (Å²) in [6.07, 6.45) is 0. The first-order valence-corrected chi connectivity index (χ1v) is 9.70. The number of aromatic nitrogens is 3. The van der Waals surface area contributed by atoms with E-state index in [0.29, 0.717) is 12.6 Å². The lowest BCUT2D eigenvalue weighted by Crippen LogP contribution is -2.15. The van der Waals surface area contributed by atoms with Crippen LogP contribution in [0.5, 0.6) is 17.2 Å². The first-order chi connectivity index (χ1) is 14.8. The first-order valence-electron chi connectivity index (χ1n) is 9.70. The fraction of sp³-hybridized carbons (Fsp3) is 0.182. The van der Waals surface area contributed by atoms with Crippen LogP contribution in [-0.4, -0.2) is 41.6 Å². The maximum atomic E-state index is 5.65. The fourth-order valence-corrected chi connectivity index (χ4v) is 3.27. The second-order valence-electron chi connectivity index (χ2n) is 6.79. The van der Waals surface area contributed by atoms with E-state index in [1.165, 1.54) is 0 Å². The van der Waals surface area contributed by atoms with Crippen molar-refractivity contribution in [2.24, 2.45) is 0 Å². The van der Waals surface area contributed by atoms with Crippen molar-refractivity contribution in [1.82, 2.24) is 19.9 Å². The van der Waals surface area contributed by atoms with Crippen molar-refractivity contribution in [3.8, 4) is 28.5 Å². The van der Waals surface area contributed by atoms with Crippen LogP contribution in [0.15, 0.2) is 60.7 Å². The van der Waals surface area contributed by atoms with E-state index in [4.69, 9.17) is 14.2 Å². The smallest absolute Gasteiger partial charge is 0.247 e. The topological polar surface area (TPSA) is 81.9 Å². The van der Waals surface area contributed by atoms with Gasteiger partial charge in [-0.1, -0.05) is 6.07 Å². The van der Waals surface area contributed by atoms with Gasteiger partial charge in [-0.2, -0.15) is 4.98 Å². The third kappa shape index (κ3) is 3.60. The van der Waals surface area contributed by atoms with Gasteiger partial charge in [0.25, 0.3) is 0 Å². The summed E-state index contributed by atoms with van der Waals surface area (Å²) in [6.45, 7) is 1.68. The van der Waals surface area contributed by atoms with E-state index in [-0.39, 0.29) is 6.79 Å². The van der Waals surface area contributed by atoms with Gasteiger partial charge in [-0.25, -0.2) is 4.52 Å². The van der Waals surface area contributed by atoms with Gasteiger partial charge in [-0.15, -0.1) is 5.10 Å². The van der Waals surface area contributed by atoms with Crippen LogP contribution in [0.4, 0.5) is 11.6 Å². The second-order valence-corrected chi connectivity index (χ2v) is 6.79. The molecule has 0 radical (unpaired) electrons. The molecule has 152 valence electrons. The van der Waals surface area contributed by atoms with Crippen LogP contribution in [0.3, 0.4) is 0 Å². The van der Waals surface area contributed by atoms with Crippen LogP contribution in [-0.2, 0) is 0 Å². The summed E-state index contributed by atoms with van der Waals surface area (Å²) in [5, 5.41) is 11.0. The Kier molecular flexibility index (Phi) is 4.82. The number of nitrogens with one attached hydrogen (secondary N) is 2.